The molecule has 0 amide bonds. The standard InChI is InChI=1S/C14H14FNO/c1-10(16)13-9-11(15)7-8-14(13)17-12-5-3-2-4-6-12/h2-10H,16H2,1H3/t10-/m0/s1. The molecule has 2 rings (SSSR count). The van der Waals surface area contributed by atoms with E-state index in [4.69, 9.17) is 10.5 Å². The minimum absolute atomic E-state index is 0.274. The summed E-state index contributed by atoms with van der Waals surface area (Å²) < 4.78 is 18.8. The molecule has 3 heteroatoms. The van der Waals surface area contributed by atoms with Gasteiger partial charge in [0.1, 0.15) is 17.3 Å². The van der Waals surface area contributed by atoms with E-state index in [0.29, 0.717) is 17.1 Å². The van der Waals surface area contributed by atoms with Crippen molar-refractivity contribution in [2.24, 2.45) is 5.73 Å². The van der Waals surface area contributed by atoms with Crippen molar-refractivity contribution in [1.29, 1.82) is 0 Å². The third-order valence-corrected chi connectivity index (χ3v) is 2.43. The van der Waals surface area contributed by atoms with E-state index in [9.17, 15) is 4.39 Å². The van der Waals surface area contributed by atoms with E-state index in [2.05, 4.69) is 0 Å². The van der Waals surface area contributed by atoms with Gasteiger partial charge in [-0.3, -0.25) is 0 Å². The predicted octanol–water partition coefficient (Wildman–Crippen LogP) is 3.64. The summed E-state index contributed by atoms with van der Waals surface area (Å²) in [7, 11) is 0. The molecule has 88 valence electrons. The first-order valence-corrected chi connectivity index (χ1v) is 5.45. The molecule has 0 unspecified atom stereocenters. The van der Waals surface area contributed by atoms with Crippen molar-refractivity contribution >= 4 is 0 Å². The molecule has 0 radical (unpaired) electrons. The summed E-state index contributed by atoms with van der Waals surface area (Å²) in [4.78, 5) is 0. The number of nitrogens with two attached hydrogens (primary N) is 1. The molecule has 0 heterocycles. The number of para-hydroxylation sites is 1. The van der Waals surface area contributed by atoms with Gasteiger partial charge in [0, 0.05) is 11.6 Å². The van der Waals surface area contributed by atoms with Crippen LogP contribution in [0, 0.1) is 5.82 Å². The molecule has 0 aliphatic rings. The second-order valence-corrected chi connectivity index (χ2v) is 3.89. The first-order valence-electron chi connectivity index (χ1n) is 5.45. The molecule has 0 bridgehead atoms. The van der Waals surface area contributed by atoms with Crippen molar-refractivity contribution < 1.29 is 9.13 Å². The Balaban J connectivity index is 2.33. The fourth-order valence-corrected chi connectivity index (χ4v) is 1.58. The highest BCUT2D eigenvalue weighted by atomic mass is 19.1. The third-order valence-electron chi connectivity index (χ3n) is 2.43. The zero-order valence-electron chi connectivity index (χ0n) is 9.56. The predicted molar refractivity (Wildman–Crippen MR) is 65.5 cm³/mol. The summed E-state index contributed by atoms with van der Waals surface area (Å²) in [6, 6.07) is 13.4. The van der Waals surface area contributed by atoms with Crippen LogP contribution in [0.25, 0.3) is 0 Å². The lowest BCUT2D eigenvalue weighted by molar-refractivity contribution is 0.469. The lowest BCUT2D eigenvalue weighted by Crippen LogP contribution is -2.07. The fraction of sp³-hybridized carbons (Fsp3) is 0.143. The smallest absolute Gasteiger partial charge is 0.132 e. The number of rotatable bonds is 3. The summed E-state index contributed by atoms with van der Waals surface area (Å²) in [5.41, 5.74) is 6.45. The Bertz CT molecular complexity index is 497. The molecule has 0 aliphatic carbocycles. The first kappa shape index (κ1) is 11.6. The van der Waals surface area contributed by atoms with Crippen LogP contribution in [0.1, 0.15) is 18.5 Å². The Morgan fingerprint density at radius 1 is 1.12 bits per heavy atom. The fourth-order valence-electron chi connectivity index (χ4n) is 1.58. The Kier molecular flexibility index (Phi) is 3.40. The number of benzene rings is 2. The zero-order chi connectivity index (χ0) is 12.3. The van der Waals surface area contributed by atoms with Gasteiger partial charge >= 0.3 is 0 Å². The van der Waals surface area contributed by atoms with E-state index in [1.807, 2.05) is 30.3 Å². The zero-order valence-corrected chi connectivity index (χ0v) is 9.56. The summed E-state index contributed by atoms with van der Waals surface area (Å²) in [5, 5.41) is 0. The van der Waals surface area contributed by atoms with Crippen molar-refractivity contribution in [1.82, 2.24) is 0 Å². The van der Waals surface area contributed by atoms with E-state index in [0.717, 1.165) is 0 Å². The molecule has 17 heavy (non-hydrogen) atoms. The van der Waals surface area contributed by atoms with Crippen LogP contribution in [-0.4, -0.2) is 0 Å². The van der Waals surface area contributed by atoms with Crippen molar-refractivity contribution in [3.63, 3.8) is 0 Å². The summed E-state index contributed by atoms with van der Waals surface area (Å²) in [6.07, 6.45) is 0. The van der Waals surface area contributed by atoms with E-state index < -0.39 is 0 Å². The van der Waals surface area contributed by atoms with Gasteiger partial charge in [0.2, 0.25) is 0 Å². The maximum absolute atomic E-state index is 13.1. The Morgan fingerprint density at radius 3 is 2.47 bits per heavy atom. The van der Waals surface area contributed by atoms with E-state index in [1.165, 1.54) is 12.1 Å². The Hall–Kier alpha value is -1.87. The molecular formula is C14H14FNO. The van der Waals surface area contributed by atoms with Crippen LogP contribution in [0.3, 0.4) is 0 Å². The van der Waals surface area contributed by atoms with Gasteiger partial charge < -0.3 is 10.5 Å². The molecule has 2 N–H and O–H groups in total. The van der Waals surface area contributed by atoms with Crippen LogP contribution in [0.2, 0.25) is 0 Å². The van der Waals surface area contributed by atoms with Gasteiger partial charge in [0.25, 0.3) is 0 Å². The maximum Gasteiger partial charge on any atom is 0.132 e. The second kappa shape index (κ2) is 4.97. The highest BCUT2D eigenvalue weighted by Crippen LogP contribution is 2.29. The van der Waals surface area contributed by atoms with Crippen molar-refractivity contribution in [2.75, 3.05) is 0 Å². The van der Waals surface area contributed by atoms with Crippen LogP contribution in [0.15, 0.2) is 48.5 Å². The van der Waals surface area contributed by atoms with Crippen LogP contribution < -0.4 is 10.5 Å². The first-order chi connectivity index (χ1) is 8.16. The van der Waals surface area contributed by atoms with E-state index in [-0.39, 0.29) is 11.9 Å². The Morgan fingerprint density at radius 2 is 1.82 bits per heavy atom. The minimum atomic E-state index is -0.308. The van der Waals surface area contributed by atoms with Crippen LogP contribution in [0.4, 0.5) is 4.39 Å². The largest absolute Gasteiger partial charge is 0.457 e. The van der Waals surface area contributed by atoms with E-state index in [1.54, 1.807) is 13.0 Å². The molecule has 0 fully saturated rings. The molecule has 0 aromatic heterocycles. The number of hydrogen-bond acceptors (Lipinski definition) is 2. The molecule has 0 saturated heterocycles. The highest BCUT2D eigenvalue weighted by Gasteiger charge is 2.10. The monoisotopic (exact) mass is 231 g/mol. The molecule has 0 spiro atoms. The molecule has 1 atom stereocenters. The van der Waals surface area contributed by atoms with Gasteiger partial charge in [0.05, 0.1) is 0 Å². The topological polar surface area (TPSA) is 35.2 Å². The quantitative estimate of drug-likeness (QED) is 0.875. The van der Waals surface area contributed by atoms with Gasteiger partial charge in [-0.2, -0.15) is 0 Å². The maximum atomic E-state index is 13.1. The molecule has 0 saturated carbocycles. The normalized spacial score (nSPS) is 12.2. The summed E-state index contributed by atoms with van der Waals surface area (Å²) in [6.45, 7) is 1.80. The van der Waals surface area contributed by atoms with E-state index >= 15 is 0 Å². The van der Waals surface area contributed by atoms with Crippen LogP contribution in [0.5, 0.6) is 11.5 Å². The van der Waals surface area contributed by atoms with Gasteiger partial charge in [-0.05, 0) is 37.3 Å². The average molecular weight is 231 g/mol. The van der Waals surface area contributed by atoms with Crippen LogP contribution in [-0.2, 0) is 0 Å². The van der Waals surface area contributed by atoms with Gasteiger partial charge in [0.15, 0.2) is 0 Å². The molecule has 2 nitrogen and oxygen atoms in total. The molecule has 0 aliphatic heterocycles. The van der Waals surface area contributed by atoms with Gasteiger partial charge in [-0.25, -0.2) is 4.39 Å². The summed E-state index contributed by atoms with van der Waals surface area (Å²) >= 11 is 0. The molecule has 2 aromatic rings. The Labute approximate surface area is 99.8 Å². The van der Waals surface area contributed by atoms with Gasteiger partial charge in [-0.15, -0.1) is 0 Å². The SMILES string of the molecule is C[C@H](N)c1cc(F)ccc1Oc1ccccc1. The second-order valence-electron chi connectivity index (χ2n) is 3.89. The number of hydrogen-bond donors (Lipinski definition) is 1. The van der Waals surface area contributed by atoms with Crippen molar-refractivity contribution in [2.45, 2.75) is 13.0 Å². The lowest BCUT2D eigenvalue weighted by atomic mass is 10.1. The third kappa shape index (κ3) is 2.82. The highest BCUT2D eigenvalue weighted by molar-refractivity contribution is 5.39. The summed E-state index contributed by atoms with van der Waals surface area (Å²) in [5.74, 6) is 0.992. The minimum Gasteiger partial charge on any atom is -0.457 e. The average Bonchev–Trinajstić information content (AvgIpc) is 2.32. The molecular weight excluding hydrogens is 217 g/mol. The van der Waals surface area contributed by atoms with Crippen molar-refractivity contribution in [3.8, 4) is 11.5 Å². The van der Waals surface area contributed by atoms with Crippen molar-refractivity contribution in [3.05, 3.63) is 59.9 Å². The lowest BCUT2D eigenvalue weighted by Gasteiger charge is -2.13. The number of halogens is 1. The van der Waals surface area contributed by atoms with Gasteiger partial charge in [-0.1, -0.05) is 18.2 Å². The van der Waals surface area contributed by atoms with Crippen LogP contribution >= 0.6 is 0 Å². The number of ether oxygens (including phenoxy) is 1. The molecule has 2 aromatic carbocycles.